The van der Waals surface area contributed by atoms with Crippen LogP contribution in [0.2, 0.25) is 0 Å². The van der Waals surface area contributed by atoms with Crippen molar-refractivity contribution < 1.29 is 0 Å². The second-order valence-corrected chi connectivity index (χ2v) is 6.01. The zero-order chi connectivity index (χ0) is 13.8. The lowest BCUT2D eigenvalue weighted by molar-refractivity contribution is 0.370. The third-order valence-electron chi connectivity index (χ3n) is 3.90. The summed E-state index contributed by atoms with van der Waals surface area (Å²) in [7, 11) is 4.21. The molecule has 0 bridgehead atoms. The minimum absolute atomic E-state index is 0.824. The van der Waals surface area contributed by atoms with E-state index in [-0.39, 0.29) is 0 Å². The molecule has 1 aliphatic rings. The molecule has 2 rings (SSSR count). The lowest BCUT2D eigenvalue weighted by atomic mass is 10.1. The number of nitrogens with zero attached hydrogens (tertiary/aromatic N) is 3. The van der Waals surface area contributed by atoms with Gasteiger partial charge in [0.1, 0.15) is 0 Å². The van der Waals surface area contributed by atoms with Crippen LogP contribution >= 0.6 is 0 Å². The Morgan fingerprint density at radius 2 is 2.05 bits per heavy atom. The summed E-state index contributed by atoms with van der Waals surface area (Å²) in [6.07, 6.45) is 5.12. The Hall–Kier alpha value is -0.870. The van der Waals surface area contributed by atoms with Crippen molar-refractivity contribution in [1.29, 1.82) is 0 Å². The molecular formula is C15H28N4. The third-order valence-corrected chi connectivity index (χ3v) is 3.90. The Labute approximate surface area is 117 Å². The highest BCUT2D eigenvalue weighted by Crippen LogP contribution is 2.19. The molecule has 0 atom stereocenters. The van der Waals surface area contributed by atoms with Crippen LogP contribution in [0.5, 0.6) is 0 Å². The summed E-state index contributed by atoms with van der Waals surface area (Å²) in [6, 6.07) is 0.824. The van der Waals surface area contributed by atoms with Gasteiger partial charge in [-0.25, -0.2) is 0 Å². The predicted octanol–water partition coefficient (Wildman–Crippen LogP) is 1.75. The zero-order valence-electron chi connectivity index (χ0n) is 12.9. The number of nitrogens with one attached hydrogen (secondary N) is 1. The first kappa shape index (κ1) is 14.5. The van der Waals surface area contributed by atoms with Gasteiger partial charge in [0.2, 0.25) is 0 Å². The second kappa shape index (κ2) is 6.53. The normalized spacial score (nSPS) is 15.4. The van der Waals surface area contributed by atoms with Gasteiger partial charge in [-0.3, -0.25) is 4.68 Å². The number of hydrogen-bond donors (Lipinski definition) is 1. The first-order valence-corrected chi connectivity index (χ1v) is 7.49. The Kier molecular flexibility index (Phi) is 4.99. The largest absolute Gasteiger partial charge is 0.314 e. The molecule has 1 aliphatic carbocycles. The van der Waals surface area contributed by atoms with Crippen LogP contribution in [0.25, 0.3) is 0 Å². The van der Waals surface area contributed by atoms with Gasteiger partial charge in [0.15, 0.2) is 0 Å². The first-order valence-electron chi connectivity index (χ1n) is 7.49. The van der Waals surface area contributed by atoms with E-state index < -0.39 is 0 Å². The zero-order valence-corrected chi connectivity index (χ0v) is 12.9. The van der Waals surface area contributed by atoms with Crippen LogP contribution < -0.4 is 5.32 Å². The quantitative estimate of drug-likeness (QED) is 0.726. The average molecular weight is 264 g/mol. The molecule has 0 saturated heterocycles. The highest BCUT2D eigenvalue weighted by Gasteiger charge is 2.19. The predicted molar refractivity (Wildman–Crippen MR) is 79.6 cm³/mol. The Morgan fingerprint density at radius 1 is 1.32 bits per heavy atom. The summed E-state index contributed by atoms with van der Waals surface area (Å²) in [5, 5.41) is 8.26. The number of aromatic nitrogens is 2. The summed E-state index contributed by atoms with van der Waals surface area (Å²) in [5.41, 5.74) is 4.02. The molecule has 0 radical (unpaired) electrons. The maximum atomic E-state index is 4.68. The van der Waals surface area contributed by atoms with Crippen molar-refractivity contribution in [2.75, 3.05) is 27.2 Å². The molecule has 4 heteroatoms. The molecule has 19 heavy (non-hydrogen) atoms. The van der Waals surface area contributed by atoms with Crippen molar-refractivity contribution in [2.45, 2.75) is 52.1 Å². The SMILES string of the molecule is Cc1nn(CCN(C)C)c(C)c1CCCNC1CC1. The minimum atomic E-state index is 0.824. The van der Waals surface area contributed by atoms with Crippen molar-refractivity contribution in [3.8, 4) is 0 Å². The van der Waals surface area contributed by atoms with Gasteiger partial charge in [-0.1, -0.05) is 0 Å². The van der Waals surface area contributed by atoms with E-state index >= 15 is 0 Å². The molecule has 1 fully saturated rings. The van der Waals surface area contributed by atoms with Crippen LogP contribution in [0.15, 0.2) is 0 Å². The molecule has 1 N–H and O–H groups in total. The first-order chi connectivity index (χ1) is 9.08. The van der Waals surface area contributed by atoms with Crippen LogP contribution in [0.1, 0.15) is 36.2 Å². The van der Waals surface area contributed by atoms with Gasteiger partial charge in [0.25, 0.3) is 0 Å². The molecule has 1 heterocycles. The fourth-order valence-corrected chi connectivity index (χ4v) is 2.47. The van der Waals surface area contributed by atoms with E-state index in [1.54, 1.807) is 0 Å². The molecule has 0 spiro atoms. The van der Waals surface area contributed by atoms with Crippen molar-refractivity contribution in [3.05, 3.63) is 17.0 Å². The molecule has 1 aromatic rings. The Bertz CT molecular complexity index is 405. The summed E-state index contributed by atoms with van der Waals surface area (Å²) in [4.78, 5) is 2.20. The van der Waals surface area contributed by atoms with E-state index in [0.29, 0.717) is 0 Å². The van der Waals surface area contributed by atoms with Gasteiger partial charge >= 0.3 is 0 Å². The van der Waals surface area contributed by atoms with E-state index in [9.17, 15) is 0 Å². The molecular weight excluding hydrogens is 236 g/mol. The van der Waals surface area contributed by atoms with Gasteiger partial charge in [-0.2, -0.15) is 5.10 Å². The van der Waals surface area contributed by atoms with Crippen LogP contribution in [0.4, 0.5) is 0 Å². The highest BCUT2D eigenvalue weighted by molar-refractivity contribution is 5.24. The van der Waals surface area contributed by atoms with Crippen molar-refractivity contribution in [2.24, 2.45) is 0 Å². The lowest BCUT2D eigenvalue weighted by Crippen LogP contribution is -2.20. The van der Waals surface area contributed by atoms with Gasteiger partial charge in [-0.05, 0) is 65.7 Å². The van der Waals surface area contributed by atoms with Crippen molar-refractivity contribution in [3.63, 3.8) is 0 Å². The maximum Gasteiger partial charge on any atom is 0.0628 e. The van der Waals surface area contributed by atoms with Crippen LogP contribution in [-0.4, -0.2) is 47.9 Å². The van der Waals surface area contributed by atoms with Gasteiger partial charge in [-0.15, -0.1) is 0 Å². The van der Waals surface area contributed by atoms with E-state index in [1.807, 2.05) is 0 Å². The minimum Gasteiger partial charge on any atom is -0.314 e. The summed E-state index contributed by atoms with van der Waals surface area (Å²) >= 11 is 0. The molecule has 4 nitrogen and oxygen atoms in total. The van der Waals surface area contributed by atoms with E-state index in [1.165, 1.54) is 36.2 Å². The molecule has 0 aliphatic heterocycles. The molecule has 1 aromatic heterocycles. The summed E-state index contributed by atoms with van der Waals surface area (Å²) in [6.45, 7) is 7.53. The summed E-state index contributed by atoms with van der Waals surface area (Å²) < 4.78 is 2.17. The molecule has 0 amide bonds. The van der Waals surface area contributed by atoms with Crippen molar-refractivity contribution in [1.82, 2.24) is 20.0 Å². The fourth-order valence-electron chi connectivity index (χ4n) is 2.47. The number of likely N-dealkylation sites (N-methyl/N-ethyl adjacent to an activating group) is 1. The fraction of sp³-hybridized carbons (Fsp3) is 0.800. The average Bonchev–Trinajstić information content (AvgIpc) is 3.13. The molecule has 0 aromatic carbocycles. The van der Waals surface area contributed by atoms with Crippen LogP contribution in [0.3, 0.4) is 0 Å². The Morgan fingerprint density at radius 3 is 2.68 bits per heavy atom. The van der Waals surface area contributed by atoms with Gasteiger partial charge in [0.05, 0.1) is 12.2 Å². The monoisotopic (exact) mass is 264 g/mol. The number of hydrogen-bond acceptors (Lipinski definition) is 3. The highest BCUT2D eigenvalue weighted by atomic mass is 15.3. The smallest absolute Gasteiger partial charge is 0.0628 e. The summed E-state index contributed by atoms with van der Waals surface area (Å²) in [5.74, 6) is 0. The van der Waals surface area contributed by atoms with Gasteiger partial charge < -0.3 is 10.2 Å². The third kappa shape index (κ3) is 4.32. The second-order valence-electron chi connectivity index (χ2n) is 6.01. The Balaban J connectivity index is 1.84. The van der Waals surface area contributed by atoms with Crippen LogP contribution in [0, 0.1) is 13.8 Å². The standard InChI is InChI=1S/C15H28N4/c1-12-15(6-5-9-16-14-7-8-14)13(2)19(17-12)11-10-18(3)4/h14,16H,5-11H2,1-4H3. The topological polar surface area (TPSA) is 33.1 Å². The van der Waals surface area contributed by atoms with E-state index in [2.05, 4.69) is 47.9 Å². The molecule has 108 valence electrons. The van der Waals surface area contributed by atoms with Gasteiger partial charge in [0, 0.05) is 18.3 Å². The number of rotatable bonds is 8. The maximum absolute atomic E-state index is 4.68. The lowest BCUT2D eigenvalue weighted by Gasteiger charge is -2.10. The molecule has 0 unspecified atom stereocenters. The van der Waals surface area contributed by atoms with Crippen LogP contribution in [-0.2, 0) is 13.0 Å². The van der Waals surface area contributed by atoms with Crippen molar-refractivity contribution >= 4 is 0 Å². The molecule has 1 saturated carbocycles. The van der Waals surface area contributed by atoms with E-state index in [0.717, 1.165) is 32.1 Å². The number of aryl methyl sites for hydroxylation is 1. The van der Waals surface area contributed by atoms with E-state index in [4.69, 9.17) is 0 Å².